The van der Waals surface area contributed by atoms with Crippen LogP contribution in [0.3, 0.4) is 0 Å². The molecule has 2 aromatic rings. The molecule has 0 unspecified atom stereocenters. The van der Waals surface area contributed by atoms with Crippen LogP contribution in [0.4, 0.5) is 0 Å². The molecule has 2 rings (SSSR count). The maximum absolute atomic E-state index is 5.42. The highest BCUT2D eigenvalue weighted by atomic mass is 15.5. The van der Waals surface area contributed by atoms with Crippen molar-refractivity contribution in [1.29, 1.82) is 0 Å². The predicted molar refractivity (Wildman–Crippen MR) is 38.7 cm³/mol. The molecule has 0 aromatic carbocycles. The number of aromatic nitrogens is 4. The van der Waals surface area contributed by atoms with E-state index in [2.05, 4.69) is 15.4 Å². The highest BCUT2D eigenvalue weighted by molar-refractivity contribution is 5.48. The maximum atomic E-state index is 5.42. The normalized spacial score (nSPS) is 10.6. The first-order valence-electron chi connectivity index (χ1n) is 3.27. The minimum Gasteiger partial charge on any atom is -0.325 e. The standard InChI is InChI=1S/C6H7N5/c7-4-5-6-2-1-3-8-11(6)10-9-5/h1-3H,4,7H2. The molecule has 0 saturated carbocycles. The minimum absolute atomic E-state index is 0.398. The first-order chi connectivity index (χ1) is 5.42. The number of nitrogens with two attached hydrogens (primary N) is 1. The Balaban J connectivity index is 2.76. The van der Waals surface area contributed by atoms with Gasteiger partial charge in [-0.2, -0.15) is 5.10 Å². The topological polar surface area (TPSA) is 69.1 Å². The van der Waals surface area contributed by atoms with Gasteiger partial charge in [0, 0.05) is 12.7 Å². The Labute approximate surface area is 62.8 Å². The molecule has 5 heteroatoms. The highest BCUT2D eigenvalue weighted by Crippen LogP contribution is 2.02. The van der Waals surface area contributed by atoms with E-state index >= 15 is 0 Å². The summed E-state index contributed by atoms with van der Waals surface area (Å²) in [6.07, 6.45) is 1.65. The number of nitrogens with zero attached hydrogens (tertiary/aromatic N) is 4. The van der Waals surface area contributed by atoms with E-state index in [1.54, 1.807) is 6.20 Å². The quantitative estimate of drug-likeness (QED) is 0.598. The van der Waals surface area contributed by atoms with Gasteiger partial charge in [0.15, 0.2) is 0 Å². The largest absolute Gasteiger partial charge is 0.325 e. The Kier molecular flexibility index (Phi) is 1.29. The molecule has 0 radical (unpaired) electrons. The summed E-state index contributed by atoms with van der Waals surface area (Å²) < 4.78 is 1.46. The van der Waals surface area contributed by atoms with Gasteiger partial charge in [0.25, 0.3) is 0 Å². The Hall–Kier alpha value is -1.49. The third-order valence-corrected chi connectivity index (χ3v) is 1.47. The van der Waals surface area contributed by atoms with Gasteiger partial charge in [-0.15, -0.1) is 9.73 Å². The number of hydrogen-bond acceptors (Lipinski definition) is 4. The van der Waals surface area contributed by atoms with Gasteiger partial charge in [0.2, 0.25) is 0 Å². The fourth-order valence-corrected chi connectivity index (χ4v) is 0.941. The molecule has 0 fully saturated rings. The summed E-state index contributed by atoms with van der Waals surface area (Å²) in [4.78, 5) is 0. The molecule has 5 nitrogen and oxygen atoms in total. The molecule has 0 spiro atoms. The average Bonchev–Trinajstić information content (AvgIpc) is 2.47. The number of rotatable bonds is 1. The Morgan fingerprint density at radius 2 is 2.45 bits per heavy atom. The van der Waals surface area contributed by atoms with Crippen molar-refractivity contribution in [3.63, 3.8) is 0 Å². The zero-order valence-corrected chi connectivity index (χ0v) is 5.81. The van der Waals surface area contributed by atoms with Crippen molar-refractivity contribution in [3.05, 3.63) is 24.0 Å². The van der Waals surface area contributed by atoms with Crippen LogP contribution >= 0.6 is 0 Å². The predicted octanol–water partition coefficient (Wildman–Crippen LogP) is -0.417. The van der Waals surface area contributed by atoms with Gasteiger partial charge in [-0.05, 0) is 17.3 Å². The van der Waals surface area contributed by atoms with E-state index in [0.717, 1.165) is 11.2 Å². The molecule has 2 N–H and O–H groups in total. The van der Waals surface area contributed by atoms with E-state index in [1.165, 1.54) is 4.63 Å². The summed E-state index contributed by atoms with van der Waals surface area (Å²) in [6, 6.07) is 3.72. The summed E-state index contributed by atoms with van der Waals surface area (Å²) in [7, 11) is 0. The van der Waals surface area contributed by atoms with Crippen LogP contribution in [0.1, 0.15) is 5.69 Å². The van der Waals surface area contributed by atoms with E-state index in [9.17, 15) is 0 Å². The minimum atomic E-state index is 0.398. The van der Waals surface area contributed by atoms with Crippen LogP contribution < -0.4 is 5.73 Å². The Morgan fingerprint density at radius 1 is 1.55 bits per heavy atom. The monoisotopic (exact) mass is 149 g/mol. The van der Waals surface area contributed by atoms with Crippen LogP contribution in [0, 0.1) is 0 Å². The van der Waals surface area contributed by atoms with Gasteiger partial charge in [0.05, 0.1) is 0 Å². The van der Waals surface area contributed by atoms with Gasteiger partial charge in [0.1, 0.15) is 11.2 Å². The van der Waals surface area contributed by atoms with Crippen molar-refractivity contribution >= 4 is 5.52 Å². The molecular formula is C6H7N5. The van der Waals surface area contributed by atoms with E-state index in [0.29, 0.717) is 6.54 Å². The zero-order chi connectivity index (χ0) is 7.68. The smallest absolute Gasteiger partial charge is 0.112 e. The van der Waals surface area contributed by atoms with Crippen molar-refractivity contribution in [1.82, 2.24) is 20.0 Å². The zero-order valence-electron chi connectivity index (χ0n) is 5.81. The summed E-state index contributed by atoms with van der Waals surface area (Å²) in [5.41, 5.74) is 7.06. The van der Waals surface area contributed by atoms with Gasteiger partial charge >= 0.3 is 0 Å². The lowest BCUT2D eigenvalue weighted by Crippen LogP contribution is -1.97. The summed E-state index contributed by atoms with van der Waals surface area (Å²) >= 11 is 0. The highest BCUT2D eigenvalue weighted by Gasteiger charge is 2.01. The van der Waals surface area contributed by atoms with Crippen LogP contribution in [0.2, 0.25) is 0 Å². The van der Waals surface area contributed by atoms with Crippen molar-refractivity contribution in [3.8, 4) is 0 Å². The van der Waals surface area contributed by atoms with Crippen molar-refractivity contribution in [2.24, 2.45) is 5.73 Å². The molecule has 0 amide bonds. The molecule has 0 aliphatic heterocycles. The number of fused-ring (bicyclic) bond motifs is 1. The Bertz CT molecular complexity index is 366. The third kappa shape index (κ3) is 0.857. The van der Waals surface area contributed by atoms with Crippen LogP contribution in [-0.2, 0) is 6.54 Å². The lowest BCUT2D eigenvalue weighted by atomic mass is 10.3. The molecule has 0 aliphatic rings. The third-order valence-electron chi connectivity index (χ3n) is 1.47. The van der Waals surface area contributed by atoms with Crippen LogP contribution in [0.25, 0.3) is 5.52 Å². The fraction of sp³-hybridized carbons (Fsp3) is 0.167. The molecule has 11 heavy (non-hydrogen) atoms. The van der Waals surface area contributed by atoms with Crippen LogP contribution in [0.5, 0.6) is 0 Å². The Morgan fingerprint density at radius 3 is 3.27 bits per heavy atom. The van der Waals surface area contributed by atoms with Crippen molar-refractivity contribution in [2.75, 3.05) is 0 Å². The second-order valence-electron chi connectivity index (χ2n) is 2.14. The lowest BCUT2D eigenvalue weighted by Gasteiger charge is -1.88. The molecule has 56 valence electrons. The summed E-state index contributed by atoms with van der Waals surface area (Å²) in [5.74, 6) is 0. The van der Waals surface area contributed by atoms with Crippen LogP contribution in [0.15, 0.2) is 18.3 Å². The van der Waals surface area contributed by atoms with E-state index in [1.807, 2.05) is 12.1 Å². The number of hydrogen-bond donors (Lipinski definition) is 1. The molecule has 0 bridgehead atoms. The van der Waals surface area contributed by atoms with E-state index in [4.69, 9.17) is 5.73 Å². The van der Waals surface area contributed by atoms with Gasteiger partial charge in [-0.25, -0.2) is 0 Å². The summed E-state index contributed by atoms with van der Waals surface area (Å²) in [6.45, 7) is 0.398. The van der Waals surface area contributed by atoms with Crippen LogP contribution in [-0.4, -0.2) is 20.0 Å². The van der Waals surface area contributed by atoms with Gasteiger partial charge in [-0.1, -0.05) is 0 Å². The molecule has 2 heterocycles. The first-order valence-corrected chi connectivity index (χ1v) is 3.27. The van der Waals surface area contributed by atoms with Gasteiger partial charge in [-0.3, -0.25) is 0 Å². The van der Waals surface area contributed by atoms with E-state index < -0.39 is 0 Å². The first kappa shape index (κ1) is 6.23. The molecule has 0 atom stereocenters. The van der Waals surface area contributed by atoms with Crippen molar-refractivity contribution < 1.29 is 0 Å². The molecule has 0 saturated heterocycles. The fourth-order valence-electron chi connectivity index (χ4n) is 0.941. The lowest BCUT2D eigenvalue weighted by molar-refractivity contribution is 0.739. The average molecular weight is 149 g/mol. The maximum Gasteiger partial charge on any atom is 0.112 e. The van der Waals surface area contributed by atoms with Crippen molar-refractivity contribution in [2.45, 2.75) is 6.54 Å². The molecular weight excluding hydrogens is 142 g/mol. The van der Waals surface area contributed by atoms with E-state index in [-0.39, 0.29) is 0 Å². The van der Waals surface area contributed by atoms with Gasteiger partial charge < -0.3 is 5.73 Å². The molecule has 0 aliphatic carbocycles. The summed E-state index contributed by atoms with van der Waals surface area (Å²) in [5, 5.41) is 11.5. The SMILES string of the molecule is NCc1nnn2ncccc12. The molecule has 2 aromatic heterocycles. The second kappa shape index (κ2) is 2.28. The second-order valence-corrected chi connectivity index (χ2v) is 2.14.